The van der Waals surface area contributed by atoms with Crippen molar-refractivity contribution in [2.45, 2.75) is 13.5 Å². The van der Waals surface area contributed by atoms with Crippen molar-refractivity contribution in [2.75, 3.05) is 7.11 Å². The van der Waals surface area contributed by atoms with Crippen LogP contribution in [0.1, 0.15) is 17.3 Å². The fourth-order valence-electron chi connectivity index (χ4n) is 1.78. The first-order chi connectivity index (χ1) is 8.65. The number of imidazole rings is 1. The van der Waals surface area contributed by atoms with Gasteiger partial charge in [-0.2, -0.15) is 0 Å². The first-order valence-corrected chi connectivity index (χ1v) is 5.56. The topological polar surface area (TPSA) is 44.1 Å². The van der Waals surface area contributed by atoms with E-state index in [0.717, 1.165) is 12.6 Å². The lowest BCUT2D eigenvalue weighted by atomic mass is 10.1. The second-order valence-corrected chi connectivity index (χ2v) is 3.76. The van der Waals surface area contributed by atoms with Crippen LogP contribution in [0, 0.1) is 5.82 Å². The Morgan fingerprint density at radius 3 is 2.89 bits per heavy atom. The molecule has 0 unspecified atom stereocenters. The van der Waals surface area contributed by atoms with Gasteiger partial charge in [-0.15, -0.1) is 0 Å². The van der Waals surface area contributed by atoms with Gasteiger partial charge in [-0.25, -0.2) is 14.2 Å². The molecular weight excluding hydrogens is 235 g/mol. The fourth-order valence-corrected chi connectivity index (χ4v) is 1.78. The molecule has 1 aromatic heterocycles. The molecule has 1 aromatic carbocycles. The van der Waals surface area contributed by atoms with Crippen LogP contribution in [0.25, 0.3) is 11.4 Å². The van der Waals surface area contributed by atoms with E-state index in [9.17, 15) is 9.18 Å². The highest BCUT2D eigenvalue weighted by molar-refractivity contribution is 5.90. The van der Waals surface area contributed by atoms with Crippen molar-refractivity contribution in [2.24, 2.45) is 0 Å². The molecule has 1 heterocycles. The molecule has 5 heteroatoms. The monoisotopic (exact) mass is 248 g/mol. The molecule has 0 bridgehead atoms. The van der Waals surface area contributed by atoms with Crippen molar-refractivity contribution < 1.29 is 13.9 Å². The summed E-state index contributed by atoms with van der Waals surface area (Å²) >= 11 is 0. The average molecular weight is 248 g/mol. The van der Waals surface area contributed by atoms with Crippen LogP contribution >= 0.6 is 0 Å². The van der Waals surface area contributed by atoms with Gasteiger partial charge in [-0.3, -0.25) is 0 Å². The summed E-state index contributed by atoms with van der Waals surface area (Å²) in [4.78, 5) is 15.6. The summed E-state index contributed by atoms with van der Waals surface area (Å²) in [5.74, 6) is -0.425. The quantitative estimate of drug-likeness (QED) is 0.784. The Morgan fingerprint density at radius 1 is 1.44 bits per heavy atom. The van der Waals surface area contributed by atoms with Crippen LogP contribution in [0.5, 0.6) is 0 Å². The number of hydrogen-bond donors (Lipinski definition) is 0. The Labute approximate surface area is 104 Å². The van der Waals surface area contributed by atoms with E-state index in [1.54, 1.807) is 18.5 Å². The molecule has 0 amide bonds. The Morgan fingerprint density at radius 2 is 2.22 bits per heavy atom. The third-order valence-electron chi connectivity index (χ3n) is 2.63. The SMILES string of the molecule is CCn1ccnc1-c1cc(F)cc(C(=O)OC)c1. The predicted molar refractivity (Wildman–Crippen MR) is 64.6 cm³/mol. The molecule has 0 saturated carbocycles. The van der Waals surface area contributed by atoms with Gasteiger partial charge in [0.2, 0.25) is 0 Å². The average Bonchev–Trinajstić information content (AvgIpc) is 2.85. The van der Waals surface area contributed by atoms with E-state index >= 15 is 0 Å². The lowest BCUT2D eigenvalue weighted by Gasteiger charge is -2.07. The Hall–Kier alpha value is -2.17. The number of nitrogens with zero attached hydrogens (tertiary/aromatic N) is 2. The maximum atomic E-state index is 13.5. The molecule has 0 atom stereocenters. The number of halogens is 1. The zero-order valence-electron chi connectivity index (χ0n) is 10.2. The summed E-state index contributed by atoms with van der Waals surface area (Å²) in [6.45, 7) is 2.69. The number of benzene rings is 1. The van der Waals surface area contributed by atoms with Gasteiger partial charge in [0.25, 0.3) is 0 Å². The number of hydrogen-bond acceptors (Lipinski definition) is 3. The summed E-state index contributed by atoms with van der Waals surface area (Å²) in [5.41, 5.74) is 0.736. The van der Waals surface area contributed by atoms with Gasteiger partial charge in [-0.05, 0) is 25.1 Å². The number of carbonyl (C=O) groups excluding carboxylic acids is 1. The maximum absolute atomic E-state index is 13.5. The van der Waals surface area contributed by atoms with Crippen molar-refractivity contribution >= 4 is 5.97 Å². The van der Waals surface area contributed by atoms with E-state index < -0.39 is 11.8 Å². The smallest absolute Gasteiger partial charge is 0.337 e. The van der Waals surface area contributed by atoms with Crippen LogP contribution in [0.15, 0.2) is 30.6 Å². The minimum Gasteiger partial charge on any atom is -0.465 e. The first kappa shape index (κ1) is 12.3. The maximum Gasteiger partial charge on any atom is 0.337 e. The Kier molecular flexibility index (Phi) is 3.41. The number of methoxy groups -OCH3 is 1. The van der Waals surface area contributed by atoms with Crippen molar-refractivity contribution in [1.29, 1.82) is 0 Å². The zero-order chi connectivity index (χ0) is 13.1. The number of ether oxygens (including phenoxy) is 1. The van der Waals surface area contributed by atoms with Crippen molar-refractivity contribution in [1.82, 2.24) is 9.55 Å². The lowest BCUT2D eigenvalue weighted by molar-refractivity contribution is 0.0600. The largest absolute Gasteiger partial charge is 0.465 e. The molecule has 0 radical (unpaired) electrons. The van der Waals surface area contributed by atoms with E-state index in [4.69, 9.17) is 0 Å². The molecular formula is C13H13FN2O2. The molecule has 2 rings (SSSR count). The van der Waals surface area contributed by atoms with E-state index in [0.29, 0.717) is 11.4 Å². The van der Waals surface area contributed by atoms with Gasteiger partial charge >= 0.3 is 5.97 Å². The summed E-state index contributed by atoms with van der Waals surface area (Å²) in [6, 6.07) is 4.07. The van der Waals surface area contributed by atoms with Gasteiger partial charge < -0.3 is 9.30 Å². The minimum atomic E-state index is -0.564. The van der Waals surface area contributed by atoms with Crippen LogP contribution < -0.4 is 0 Å². The van der Waals surface area contributed by atoms with Gasteiger partial charge in [0.15, 0.2) is 0 Å². The standard InChI is InChI=1S/C13H13FN2O2/c1-3-16-5-4-15-12(16)9-6-10(13(17)18-2)8-11(14)7-9/h4-8H,3H2,1-2H3. The summed E-state index contributed by atoms with van der Waals surface area (Å²) in [5, 5.41) is 0. The molecule has 0 saturated heterocycles. The summed E-state index contributed by atoms with van der Waals surface area (Å²) < 4.78 is 20.0. The van der Waals surface area contributed by atoms with Crippen LogP contribution in [0.4, 0.5) is 4.39 Å². The molecule has 4 nitrogen and oxygen atoms in total. The molecule has 2 aromatic rings. The third kappa shape index (κ3) is 2.25. The highest BCUT2D eigenvalue weighted by atomic mass is 19.1. The van der Waals surface area contributed by atoms with Gasteiger partial charge in [-0.1, -0.05) is 0 Å². The normalized spacial score (nSPS) is 10.4. The minimum absolute atomic E-state index is 0.179. The Bertz CT molecular complexity index is 578. The van der Waals surface area contributed by atoms with Gasteiger partial charge in [0.1, 0.15) is 11.6 Å². The van der Waals surface area contributed by atoms with Crippen LogP contribution in [-0.2, 0) is 11.3 Å². The van der Waals surface area contributed by atoms with Crippen molar-refractivity contribution in [3.63, 3.8) is 0 Å². The highest BCUT2D eigenvalue weighted by Gasteiger charge is 2.12. The molecule has 0 N–H and O–H groups in total. The molecule has 0 fully saturated rings. The molecule has 94 valence electrons. The zero-order valence-corrected chi connectivity index (χ0v) is 10.2. The summed E-state index contributed by atoms with van der Waals surface area (Å²) in [7, 11) is 1.26. The second-order valence-electron chi connectivity index (χ2n) is 3.76. The molecule has 0 spiro atoms. The molecule has 0 aliphatic carbocycles. The Balaban J connectivity index is 2.51. The van der Waals surface area contributed by atoms with Crippen molar-refractivity contribution in [3.8, 4) is 11.4 Å². The van der Waals surface area contributed by atoms with Crippen LogP contribution in [0.3, 0.4) is 0 Å². The van der Waals surface area contributed by atoms with Crippen LogP contribution in [0.2, 0.25) is 0 Å². The molecule has 0 aliphatic heterocycles. The number of carbonyl (C=O) groups is 1. The molecule has 0 aliphatic rings. The highest BCUT2D eigenvalue weighted by Crippen LogP contribution is 2.21. The van der Waals surface area contributed by atoms with E-state index in [2.05, 4.69) is 9.72 Å². The number of aryl methyl sites for hydroxylation is 1. The second kappa shape index (κ2) is 5.00. The number of rotatable bonds is 3. The number of esters is 1. The van der Waals surface area contributed by atoms with Gasteiger partial charge in [0.05, 0.1) is 12.7 Å². The van der Waals surface area contributed by atoms with Gasteiger partial charge in [0, 0.05) is 24.5 Å². The third-order valence-corrected chi connectivity index (χ3v) is 2.63. The fraction of sp³-hybridized carbons (Fsp3) is 0.231. The summed E-state index contributed by atoms with van der Waals surface area (Å²) in [6.07, 6.45) is 3.44. The predicted octanol–water partition coefficient (Wildman–Crippen LogP) is 2.50. The first-order valence-electron chi connectivity index (χ1n) is 5.56. The van der Waals surface area contributed by atoms with E-state index in [1.807, 2.05) is 11.5 Å². The van der Waals surface area contributed by atoms with Crippen molar-refractivity contribution in [3.05, 3.63) is 42.0 Å². The van der Waals surface area contributed by atoms with Crippen LogP contribution in [-0.4, -0.2) is 22.6 Å². The van der Waals surface area contributed by atoms with E-state index in [-0.39, 0.29) is 5.56 Å². The lowest BCUT2D eigenvalue weighted by Crippen LogP contribution is -2.03. The van der Waals surface area contributed by atoms with E-state index in [1.165, 1.54) is 13.2 Å². The number of aromatic nitrogens is 2. The molecule has 18 heavy (non-hydrogen) atoms.